The zero-order valence-corrected chi connectivity index (χ0v) is 21.2. The van der Waals surface area contributed by atoms with Crippen molar-refractivity contribution < 1.29 is 9.21 Å². The second kappa shape index (κ2) is 11.8. The third-order valence-corrected chi connectivity index (χ3v) is 6.28. The lowest BCUT2D eigenvalue weighted by atomic mass is 10.2. The summed E-state index contributed by atoms with van der Waals surface area (Å²) >= 11 is 12.8. The Labute approximate surface area is 217 Å². The van der Waals surface area contributed by atoms with Crippen molar-refractivity contribution in [3.8, 4) is 11.3 Å². The number of aryl methyl sites for hydroxylation is 1. The van der Waals surface area contributed by atoms with Gasteiger partial charge in [-0.1, -0.05) is 60.6 Å². The number of carbonyl (C=O) groups is 1. The average molecular weight is 524 g/mol. The lowest BCUT2D eigenvalue weighted by Gasteiger charge is -2.13. The number of benzene rings is 2. The van der Waals surface area contributed by atoms with Gasteiger partial charge in [0.2, 0.25) is 11.1 Å². The Kier molecular flexibility index (Phi) is 8.36. The number of thiocarbonyl (C=S) groups is 1. The Balaban J connectivity index is 1.34. The molecule has 4 rings (SSSR count). The topological polar surface area (TPSA) is 85.0 Å². The lowest BCUT2D eigenvalue weighted by Crippen LogP contribution is -2.38. The van der Waals surface area contributed by atoms with Crippen LogP contribution in [0.5, 0.6) is 0 Å². The van der Waals surface area contributed by atoms with Gasteiger partial charge in [0, 0.05) is 28.8 Å². The molecule has 7 nitrogen and oxygen atoms in total. The third kappa shape index (κ3) is 6.82. The Morgan fingerprint density at radius 2 is 1.89 bits per heavy atom. The van der Waals surface area contributed by atoms with Crippen LogP contribution in [0.2, 0.25) is 5.02 Å². The van der Waals surface area contributed by atoms with E-state index in [2.05, 4.69) is 33.1 Å². The molecule has 0 aliphatic heterocycles. The van der Waals surface area contributed by atoms with Crippen LogP contribution in [0.3, 0.4) is 0 Å². The summed E-state index contributed by atoms with van der Waals surface area (Å²) in [6, 6.07) is 21.0. The predicted octanol–water partition coefficient (Wildman–Crippen LogP) is 5.70. The van der Waals surface area contributed by atoms with Crippen molar-refractivity contribution in [2.75, 3.05) is 5.43 Å². The van der Waals surface area contributed by atoms with E-state index in [0.717, 1.165) is 11.3 Å². The highest BCUT2D eigenvalue weighted by Crippen LogP contribution is 2.24. The third-order valence-electron chi connectivity index (χ3n) is 4.83. The maximum Gasteiger partial charge on any atom is 0.250 e. The Bertz CT molecular complexity index is 1330. The van der Waals surface area contributed by atoms with E-state index in [0.29, 0.717) is 33.9 Å². The molecule has 0 radical (unpaired) electrons. The van der Waals surface area contributed by atoms with Crippen molar-refractivity contribution in [3.05, 3.63) is 95.0 Å². The van der Waals surface area contributed by atoms with Gasteiger partial charge in [-0.15, -0.1) is 10.2 Å². The van der Waals surface area contributed by atoms with E-state index in [4.69, 9.17) is 28.2 Å². The molecule has 1 amide bonds. The fourth-order valence-electron chi connectivity index (χ4n) is 3.11. The van der Waals surface area contributed by atoms with E-state index in [1.54, 1.807) is 29.0 Å². The molecule has 2 N–H and O–H groups in total. The molecule has 2 aromatic carbocycles. The summed E-state index contributed by atoms with van der Waals surface area (Å²) in [6.45, 7) is 1.97. The number of rotatable bonds is 8. The van der Waals surface area contributed by atoms with E-state index in [1.807, 2.05) is 43.3 Å². The zero-order valence-electron chi connectivity index (χ0n) is 18.8. The van der Waals surface area contributed by atoms with Crippen LogP contribution in [0.15, 0.2) is 82.4 Å². The zero-order chi connectivity index (χ0) is 24.6. The minimum Gasteiger partial charge on any atom is -0.457 e. The summed E-state index contributed by atoms with van der Waals surface area (Å²) in [4.78, 5) is 12.4. The molecule has 2 aromatic heterocycles. The van der Waals surface area contributed by atoms with E-state index in [1.165, 1.54) is 23.4 Å². The Hall–Kier alpha value is -3.40. The van der Waals surface area contributed by atoms with Crippen molar-refractivity contribution in [2.24, 2.45) is 0 Å². The van der Waals surface area contributed by atoms with Gasteiger partial charge in [-0.25, -0.2) is 4.68 Å². The Morgan fingerprint density at radius 1 is 1.11 bits per heavy atom. The molecule has 0 aliphatic rings. The molecule has 0 spiro atoms. The Morgan fingerprint density at radius 3 is 2.63 bits per heavy atom. The summed E-state index contributed by atoms with van der Waals surface area (Å²) in [6.07, 6.45) is 3.59. The number of hydrogen-bond donors (Lipinski definition) is 2. The van der Waals surface area contributed by atoms with Gasteiger partial charge in [0.25, 0.3) is 0 Å². The van der Waals surface area contributed by atoms with Gasteiger partial charge in [0.05, 0.1) is 0 Å². The number of thioether (sulfide) groups is 1. The fraction of sp³-hybridized carbons (Fsp3) is 0.120. The minimum absolute atomic E-state index is 0.136. The standard InChI is InChI=1S/C25H22ClN5O2S2/c1-2-22-28-29-25(35-16-17-6-4-3-5-7-17)31(22)30-24(34)27-23(32)15-13-20-12-14-21(33-20)18-8-10-19(26)11-9-18/h3-15H,2,16H2,1H3,(H2,27,30,32,34)/b15-13+. The monoisotopic (exact) mass is 523 g/mol. The molecule has 4 aromatic rings. The summed E-state index contributed by atoms with van der Waals surface area (Å²) in [7, 11) is 0. The molecule has 0 atom stereocenters. The first-order valence-electron chi connectivity index (χ1n) is 10.8. The first-order chi connectivity index (χ1) is 17.0. The number of carbonyl (C=O) groups excluding carboxylic acids is 1. The van der Waals surface area contributed by atoms with Crippen LogP contribution in [0.4, 0.5) is 0 Å². The molecule has 0 saturated heterocycles. The molecule has 178 valence electrons. The van der Waals surface area contributed by atoms with Crippen LogP contribution in [0.1, 0.15) is 24.1 Å². The molecule has 0 bridgehead atoms. The van der Waals surface area contributed by atoms with E-state index < -0.39 is 5.91 Å². The summed E-state index contributed by atoms with van der Waals surface area (Å²) in [5.74, 6) is 2.26. The number of halogens is 1. The molecular weight excluding hydrogens is 502 g/mol. The predicted molar refractivity (Wildman–Crippen MR) is 144 cm³/mol. The largest absolute Gasteiger partial charge is 0.457 e. The van der Waals surface area contributed by atoms with Gasteiger partial charge in [0.1, 0.15) is 11.5 Å². The smallest absolute Gasteiger partial charge is 0.250 e. The SMILES string of the molecule is CCc1nnc(SCc2ccccc2)n1NC(=S)NC(=O)/C=C/c1ccc(-c2ccc(Cl)cc2)o1. The number of nitrogens with zero attached hydrogens (tertiary/aromatic N) is 3. The van der Waals surface area contributed by atoms with Crippen LogP contribution in [0.25, 0.3) is 17.4 Å². The van der Waals surface area contributed by atoms with Gasteiger partial charge in [-0.2, -0.15) is 0 Å². The maximum atomic E-state index is 12.4. The number of hydrogen-bond acceptors (Lipinski definition) is 6. The van der Waals surface area contributed by atoms with Crippen molar-refractivity contribution in [3.63, 3.8) is 0 Å². The number of nitrogens with one attached hydrogen (secondary N) is 2. The number of amides is 1. The molecule has 2 heterocycles. The molecule has 0 aliphatic carbocycles. The van der Waals surface area contributed by atoms with Crippen molar-refractivity contribution >= 4 is 52.7 Å². The van der Waals surface area contributed by atoms with Gasteiger partial charge < -0.3 is 4.42 Å². The van der Waals surface area contributed by atoms with E-state index in [-0.39, 0.29) is 5.11 Å². The fourth-order valence-corrected chi connectivity index (χ4v) is 4.29. The second-order valence-corrected chi connectivity index (χ2v) is 9.12. The van der Waals surface area contributed by atoms with Gasteiger partial charge in [-0.3, -0.25) is 15.5 Å². The summed E-state index contributed by atoms with van der Waals surface area (Å²) < 4.78 is 7.48. The minimum atomic E-state index is -0.392. The molecule has 0 saturated carbocycles. The van der Waals surface area contributed by atoms with Crippen LogP contribution >= 0.6 is 35.6 Å². The highest BCUT2D eigenvalue weighted by atomic mass is 35.5. The van der Waals surface area contributed by atoms with Gasteiger partial charge in [0.15, 0.2) is 10.9 Å². The molecule has 0 fully saturated rings. The van der Waals surface area contributed by atoms with E-state index in [9.17, 15) is 4.79 Å². The maximum absolute atomic E-state index is 12.4. The van der Waals surface area contributed by atoms with Gasteiger partial charge >= 0.3 is 0 Å². The molecule has 10 heteroatoms. The van der Waals surface area contributed by atoms with Crippen molar-refractivity contribution in [1.29, 1.82) is 0 Å². The summed E-state index contributed by atoms with van der Waals surface area (Å²) in [5, 5.41) is 12.5. The van der Waals surface area contributed by atoms with Crippen LogP contribution < -0.4 is 10.7 Å². The highest BCUT2D eigenvalue weighted by molar-refractivity contribution is 7.98. The summed E-state index contributed by atoms with van der Waals surface area (Å²) in [5.41, 5.74) is 5.07. The van der Waals surface area contributed by atoms with Gasteiger partial charge in [-0.05, 0) is 60.3 Å². The molecule has 0 unspecified atom stereocenters. The number of aromatic nitrogens is 3. The quantitative estimate of drug-likeness (QED) is 0.174. The van der Waals surface area contributed by atoms with Crippen LogP contribution in [0, 0.1) is 0 Å². The average Bonchev–Trinajstić information content (AvgIpc) is 3.49. The second-order valence-electron chi connectivity index (χ2n) is 7.33. The highest BCUT2D eigenvalue weighted by Gasteiger charge is 2.13. The van der Waals surface area contributed by atoms with E-state index >= 15 is 0 Å². The normalized spacial score (nSPS) is 11.0. The number of furan rings is 1. The van der Waals surface area contributed by atoms with Crippen molar-refractivity contribution in [2.45, 2.75) is 24.3 Å². The van der Waals surface area contributed by atoms with Crippen LogP contribution in [-0.2, 0) is 17.0 Å². The first-order valence-corrected chi connectivity index (χ1v) is 12.6. The lowest BCUT2D eigenvalue weighted by molar-refractivity contribution is -0.115. The molecule has 35 heavy (non-hydrogen) atoms. The first kappa shape index (κ1) is 24.7. The van der Waals surface area contributed by atoms with Crippen LogP contribution in [-0.4, -0.2) is 25.9 Å². The molecular formula is C25H22ClN5O2S2. The van der Waals surface area contributed by atoms with Crippen molar-refractivity contribution in [1.82, 2.24) is 20.2 Å².